The first kappa shape index (κ1) is 17.7. The van der Waals surface area contributed by atoms with Gasteiger partial charge in [0.2, 0.25) is 5.91 Å². The average molecular weight is 450 g/mol. The minimum atomic E-state index is -0.169. The smallest absolute Gasteiger partial charge is 0.258 e. The number of nitrogens with one attached hydrogen (secondary N) is 2. The fraction of sp³-hybridized carbons (Fsp3) is 0.263. The Balaban J connectivity index is 1.56. The number of hydrogen-bond donors (Lipinski definition) is 2. The monoisotopic (exact) mass is 450 g/mol. The zero-order valence-corrected chi connectivity index (χ0v) is 16.0. The molecule has 2 N–H and O–H groups in total. The summed E-state index contributed by atoms with van der Waals surface area (Å²) in [5, 5.41) is 5.80. The summed E-state index contributed by atoms with van der Waals surface area (Å²) in [6, 6.07) is 13.3. The molecule has 0 spiro atoms. The highest BCUT2D eigenvalue weighted by Gasteiger charge is 2.17. The fourth-order valence-corrected chi connectivity index (χ4v) is 3.08. The van der Waals surface area contributed by atoms with Gasteiger partial charge in [-0.15, -0.1) is 0 Å². The van der Waals surface area contributed by atoms with Gasteiger partial charge in [0.05, 0.1) is 6.04 Å². The van der Waals surface area contributed by atoms with Crippen molar-refractivity contribution in [1.29, 1.82) is 0 Å². The zero-order chi connectivity index (χ0) is 17.8. The summed E-state index contributed by atoms with van der Waals surface area (Å²) in [6.45, 7) is 1.91. The van der Waals surface area contributed by atoms with E-state index >= 15 is 0 Å². The number of aryl methyl sites for hydroxylation is 1. The largest absolute Gasteiger partial charge is 0.484 e. The van der Waals surface area contributed by atoms with Crippen LogP contribution < -0.4 is 15.4 Å². The Bertz CT molecular complexity index is 790. The zero-order valence-electron chi connectivity index (χ0n) is 13.8. The van der Waals surface area contributed by atoms with Crippen LogP contribution in [0.15, 0.2) is 42.5 Å². The predicted octanol–water partition coefficient (Wildman–Crippen LogP) is 3.43. The van der Waals surface area contributed by atoms with Gasteiger partial charge in [-0.2, -0.15) is 0 Å². The molecule has 0 bridgehead atoms. The van der Waals surface area contributed by atoms with Crippen LogP contribution in [0.2, 0.25) is 0 Å². The van der Waals surface area contributed by atoms with Crippen LogP contribution in [0.1, 0.15) is 30.5 Å². The van der Waals surface area contributed by atoms with Crippen molar-refractivity contribution in [1.82, 2.24) is 5.32 Å². The molecule has 0 fully saturated rings. The lowest BCUT2D eigenvalue weighted by Gasteiger charge is -2.20. The molecule has 1 unspecified atom stereocenters. The van der Waals surface area contributed by atoms with Gasteiger partial charge in [0.15, 0.2) is 6.61 Å². The molecule has 1 aliphatic rings. The number of carbonyl (C=O) groups is 2. The maximum absolute atomic E-state index is 12.1. The number of rotatable bonds is 5. The number of anilines is 1. The molecule has 6 heteroatoms. The Morgan fingerprint density at radius 3 is 2.76 bits per heavy atom. The van der Waals surface area contributed by atoms with Gasteiger partial charge in [0, 0.05) is 15.7 Å². The van der Waals surface area contributed by atoms with Crippen molar-refractivity contribution in [3.8, 4) is 5.75 Å². The molecule has 0 aromatic heterocycles. The maximum Gasteiger partial charge on any atom is 0.258 e. The van der Waals surface area contributed by atoms with Crippen molar-refractivity contribution in [3.05, 3.63) is 57.2 Å². The van der Waals surface area contributed by atoms with E-state index in [0.717, 1.165) is 26.8 Å². The minimum absolute atomic E-state index is 0.0219. The van der Waals surface area contributed by atoms with E-state index in [0.29, 0.717) is 12.2 Å². The lowest BCUT2D eigenvalue weighted by atomic mass is 9.98. The first-order valence-electron chi connectivity index (χ1n) is 8.11. The summed E-state index contributed by atoms with van der Waals surface area (Å²) in [6.07, 6.45) is 1.23. The number of amides is 2. The Morgan fingerprint density at radius 1 is 1.24 bits per heavy atom. The highest BCUT2D eigenvalue weighted by molar-refractivity contribution is 14.1. The molecule has 130 valence electrons. The number of hydrogen-bond acceptors (Lipinski definition) is 3. The van der Waals surface area contributed by atoms with Gasteiger partial charge in [0.25, 0.3) is 5.91 Å². The SMILES string of the molecule is CC(NC(=O)COc1ccc(I)cc1)c1ccc2c(c1)CCC(=O)N2. The van der Waals surface area contributed by atoms with Gasteiger partial charge in [-0.3, -0.25) is 9.59 Å². The van der Waals surface area contributed by atoms with Crippen molar-refractivity contribution in [2.24, 2.45) is 0 Å². The van der Waals surface area contributed by atoms with Crippen molar-refractivity contribution in [2.75, 3.05) is 11.9 Å². The van der Waals surface area contributed by atoms with E-state index in [4.69, 9.17) is 4.74 Å². The van der Waals surface area contributed by atoms with Gasteiger partial charge in [-0.25, -0.2) is 0 Å². The van der Waals surface area contributed by atoms with E-state index in [1.165, 1.54) is 0 Å². The minimum Gasteiger partial charge on any atom is -0.484 e. The van der Waals surface area contributed by atoms with Crippen LogP contribution in [-0.4, -0.2) is 18.4 Å². The second-order valence-corrected chi connectivity index (χ2v) is 7.24. The molecule has 2 amide bonds. The molecule has 0 aliphatic carbocycles. The first-order valence-corrected chi connectivity index (χ1v) is 9.19. The summed E-state index contributed by atoms with van der Waals surface area (Å²) < 4.78 is 6.62. The summed E-state index contributed by atoms with van der Waals surface area (Å²) in [5.41, 5.74) is 2.98. The molecule has 2 aromatic carbocycles. The molecule has 25 heavy (non-hydrogen) atoms. The molecule has 0 saturated heterocycles. The van der Waals surface area contributed by atoms with Gasteiger partial charge in [-0.05, 0) is 77.4 Å². The standard InChI is InChI=1S/C19H19IN2O3/c1-12(13-2-8-17-14(10-13)3-9-18(23)22-17)21-19(24)11-25-16-6-4-15(20)5-7-16/h2,4-8,10,12H,3,9,11H2,1H3,(H,21,24)(H,22,23). The topological polar surface area (TPSA) is 67.4 Å². The van der Waals surface area contributed by atoms with Crippen molar-refractivity contribution in [3.63, 3.8) is 0 Å². The second kappa shape index (κ2) is 7.86. The molecule has 0 radical (unpaired) electrons. The van der Waals surface area contributed by atoms with Crippen LogP contribution in [0, 0.1) is 3.57 Å². The average Bonchev–Trinajstić information content (AvgIpc) is 2.60. The van der Waals surface area contributed by atoms with Crippen LogP contribution in [0.5, 0.6) is 5.75 Å². The molecule has 1 heterocycles. The lowest BCUT2D eigenvalue weighted by Crippen LogP contribution is -2.31. The fourth-order valence-electron chi connectivity index (χ4n) is 2.72. The highest BCUT2D eigenvalue weighted by atomic mass is 127. The van der Waals surface area contributed by atoms with E-state index in [2.05, 4.69) is 33.2 Å². The number of benzene rings is 2. The van der Waals surface area contributed by atoms with E-state index in [1.807, 2.05) is 49.4 Å². The van der Waals surface area contributed by atoms with Crippen molar-refractivity contribution >= 4 is 40.1 Å². The van der Waals surface area contributed by atoms with Crippen LogP contribution in [0.4, 0.5) is 5.69 Å². The van der Waals surface area contributed by atoms with Crippen LogP contribution in [0.25, 0.3) is 0 Å². The second-order valence-electron chi connectivity index (χ2n) is 6.00. The van der Waals surface area contributed by atoms with Crippen molar-refractivity contribution < 1.29 is 14.3 Å². The third-order valence-electron chi connectivity index (χ3n) is 4.09. The maximum atomic E-state index is 12.1. The Hall–Kier alpha value is -2.09. The summed E-state index contributed by atoms with van der Waals surface area (Å²) in [7, 11) is 0. The van der Waals surface area contributed by atoms with Crippen LogP contribution in [-0.2, 0) is 16.0 Å². The third kappa shape index (κ3) is 4.72. The number of halogens is 1. The highest BCUT2D eigenvalue weighted by Crippen LogP contribution is 2.26. The molecule has 5 nitrogen and oxygen atoms in total. The molecular formula is C19H19IN2O3. The third-order valence-corrected chi connectivity index (χ3v) is 4.81. The Morgan fingerprint density at radius 2 is 2.00 bits per heavy atom. The van der Waals surface area contributed by atoms with Gasteiger partial charge >= 0.3 is 0 Å². The quantitative estimate of drug-likeness (QED) is 0.687. The van der Waals surface area contributed by atoms with Crippen LogP contribution >= 0.6 is 22.6 Å². The van der Waals surface area contributed by atoms with Gasteiger partial charge in [-0.1, -0.05) is 12.1 Å². The van der Waals surface area contributed by atoms with E-state index in [9.17, 15) is 9.59 Å². The lowest BCUT2D eigenvalue weighted by molar-refractivity contribution is -0.123. The predicted molar refractivity (Wildman–Crippen MR) is 105 cm³/mol. The first-order chi connectivity index (χ1) is 12.0. The summed E-state index contributed by atoms with van der Waals surface area (Å²) >= 11 is 2.22. The number of fused-ring (bicyclic) bond motifs is 1. The Kier molecular flexibility index (Phi) is 5.57. The molecule has 0 saturated carbocycles. The molecule has 3 rings (SSSR count). The number of ether oxygens (including phenoxy) is 1. The number of carbonyl (C=O) groups excluding carboxylic acids is 2. The molecule has 2 aromatic rings. The van der Waals surface area contributed by atoms with Gasteiger partial charge in [0.1, 0.15) is 5.75 Å². The summed E-state index contributed by atoms with van der Waals surface area (Å²) in [4.78, 5) is 23.5. The van der Waals surface area contributed by atoms with E-state index in [1.54, 1.807) is 0 Å². The van der Waals surface area contributed by atoms with Crippen molar-refractivity contribution in [2.45, 2.75) is 25.8 Å². The molecule has 1 aliphatic heterocycles. The molecular weight excluding hydrogens is 431 g/mol. The Labute approximate surface area is 160 Å². The van der Waals surface area contributed by atoms with E-state index in [-0.39, 0.29) is 24.5 Å². The normalized spacial score (nSPS) is 14.2. The summed E-state index contributed by atoms with van der Waals surface area (Å²) in [5.74, 6) is 0.555. The van der Waals surface area contributed by atoms with Gasteiger partial charge < -0.3 is 15.4 Å². The van der Waals surface area contributed by atoms with Crippen LogP contribution in [0.3, 0.4) is 0 Å². The molecule has 1 atom stereocenters. The van der Waals surface area contributed by atoms with E-state index < -0.39 is 0 Å².